The van der Waals surface area contributed by atoms with Gasteiger partial charge in [-0.1, -0.05) is 0 Å². The Morgan fingerprint density at radius 3 is 2.95 bits per heavy atom. The van der Waals surface area contributed by atoms with Crippen molar-refractivity contribution in [3.8, 4) is 0 Å². The van der Waals surface area contributed by atoms with Crippen LogP contribution < -0.4 is 11.1 Å². The molecule has 7 heteroatoms. The molecule has 2 aromatic heterocycles. The van der Waals surface area contributed by atoms with E-state index in [-0.39, 0.29) is 17.7 Å². The molecule has 2 heterocycles. The van der Waals surface area contributed by atoms with Crippen LogP contribution in [0.5, 0.6) is 0 Å². The molecule has 3 aromatic rings. The summed E-state index contributed by atoms with van der Waals surface area (Å²) in [6.07, 6.45) is 1.59. The number of anilines is 1. The van der Waals surface area contributed by atoms with Crippen LogP contribution in [0.25, 0.3) is 11.0 Å². The van der Waals surface area contributed by atoms with Crippen LogP contribution in [0.4, 0.5) is 5.69 Å². The normalized spacial score (nSPS) is 12.5. The summed E-state index contributed by atoms with van der Waals surface area (Å²) in [6, 6.07) is 6.64. The lowest BCUT2D eigenvalue weighted by atomic mass is 10.2. The third-order valence-electron chi connectivity index (χ3n) is 3.25. The van der Waals surface area contributed by atoms with Crippen molar-refractivity contribution in [2.45, 2.75) is 13.0 Å². The molecular weight excluding hydrogens is 270 g/mol. The lowest BCUT2D eigenvalue weighted by Crippen LogP contribution is -2.28. The van der Waals surface area contributed by atoms with Gasteiger partial charge in [0.2, 0.25) is 0 Å². The molecule has 0 aliphatic carbocycles. The zero-order valence-corrected chi connectivity index (χ0v) is 11.7. The largest absolute Gasteiger partial charge is 0.451 e. The minimum atomic E-state index is -0.305. The van der Waals surface area contributed by atoms with Gasteiger partial charge in [0, 0.05) is 18.1 Å². The van der Waals surface area contributed by atoms with E-state index in [0.717, 1.165) is 5.39 Å². The van der Waals surface area contributed by atoms with E-state index in [9.17, 15) is 4.79 Å². The fourth-order valence-electron chi connectivity index (χ4n) is 2.19. The molecule has 0 saturated carbocycles. The molecule has 7 nitrogen and oxygen atoms in total. The number of fused-ring (bicyclic) bond motifs is 1. The molecule has 108 valence electrons. The van der Waals surface area contributed by atoms with Crippen molar-refractivity contribution in [3.63, 3.8) is 0 Å². The number of carbonyl (C=O) groups is 1. The van der Waals surface area contributed by atoms with Gasteiger partial charge in [-0.25, -0.2) is 0 Å². The van der Waals surface area contributed by atoms with Crippen LogP contribution in [0.3, 0.4) is 0 Å². The Kier molecular flexibility index (Phi) is 3.09. The van der Waals surface area contributed by atoms with E-state index in [0.29, 0.717) is 17.1 Å². The Balaban J connectivity index is 1.82. The lowest BCUT2D eigenvalue weighted by molar-refractivity contribution is 0.0912. The summed E-state index contributed by atoms with van der Waals surface area (Å²) in [7, 11) is 1.82. The highest BCUT2D eigenvalue weighted by molar-refractivity contribution is 5.96. The number of nitrogens with zero attached hydrogens (tertiary/aromatic N) is 3. The smallest absolute Gasteiger partial charge is 0.287 e. The lowest BCUT2D eigenvalue weighted by Gasteiger charge is -2.11. The van der Waals surface area contributed by atoms with Crippen LogP contribution in [-0.2, 0) is 7.05 Å². The van der Waals surface area contributed by atoms with Crippen LogP contribution in [0.15, 0.2) is 35.0 Å². The number of furan rings is 1. The average molecular weight is 285 g/mol. The van der Waals surface area contributed by atoms with Gasteiger partial charge in [-0.3, -0.25) is 4.79 Å². The molecule has 3 rings (SSSR count). The predicted octanol–water partition coefficient (Wildman–Crippen LogP) is 1.63. The molecule has 1 atom stereocenters. The maximum Gasteiger partial charge on any atom is 0.287 e. The summed E-state index contributed by atoms with van der Waals surface area (Å²) in [5, 5.41) is 11.4. The number of benzene rings is 1. The molecule has 1 unspecified atom stereocenters. The van der Waals surface area contributed by atoms with Gasteiger partial charge in [0.15, 0.2) is 11.6 Å². The number of nitrogens with two attached hydrogens (primary N) is 1. The SMILES string of the molecule is CC(NC(=O)c1cc2cc(N)ccc2o1)c1nncn1C. The molecule has 0 fully saturated rings. The van der Waals surface area contributed by atoms with Gasteiger partial charge < -0.3 is 20.0 Å². The van der Waals surface area contributed by atoms with E-state index in [2.05, 4.69) is 15.5 Å². The maximum absolute atomic E-state index is 12.2. The van der Waals surface area contributed by atoms with Crippen LogP contribution in [-0.4, -0.2) is 20.7 Å². The van der Waals surface area contributed by atoms with Crippen LogP contribution in [0.1, 0.15) is 29.3 Å². The van der Waals surface area contributed by atoms with Crippen molar-refractivity contribution in [1.82, 2.24) is 20.1 Å². The monoisotopic (exact) mass is 285 g/mol. The van der Waals surface area contributed by atoms with E-state index >= 15 is 0 Å². The average Bonchev–Trinajstić information content (AvgIpc) is 3.04. The maximum atomic E-state index is 12.2. The highest BCUT2D eigenvalue weighted by atomic mass is 16.3. The Labute approximate surface area is 120 Å². The summed E-state index contributed by atoms with van der Waals surface area (Å²) in [4.78, 5) is 12.2. The molecule has 1 aromatic carbocycles. The number of nitrogens with one attached hydrogen (secondary N) is 1. The molecule has 3 N–H and O–H groups in total. The Morgan fingerprint density at radius 2 is 2.24 bits per heavy atom. The fraction of sp³-hybridized carbons (Fsp3) is 0.214. The third kappa shape index (κ3) is 2.45. The zero-order chi connectivity index (χ0) is 15.0. The molecule has 0 radical (unpaired) electrons. The van der Waals surface area contributed by atoms with Gasteiger partial charge in [0.25, 0.3) is 5.91 Å². The van der Waals surface area contributed by atoms with E-state index in [1.165, 1.54) is 0 Å². The van der Waals surface area contributed by atoms with E-state index in [1.54, 1.807) is 35.2 Å². The van der Waals surface area contributed by atoms with Crippen LogP contribution in [0.2, 0.25) is 0 Å². The molecule has 0 aliphatic heterocycles. The molecule has 0 aliphatic rings. The second kappa shape index (κ2) is 4.93. The van der Waals surface area contributed by atoms with Gasteiger partial charge in [0.1, 0.15) is 11.9 Å². The minimum absolute atomic E-state index is 0.240. The van der Waals surface area contributed by atoms with E-state index in [4.69, 9.17) is 10.2 Å². The third-order valence-corrected chi connectivity index (χ3v) is 3.25. The first-order chi connectivity index (χ1) is 10.0. The summed E-state index contributed by atoms with van der Waals surface area (Å²) < 4.78 is 7.28. The topological polar surface area (TPSA) is 99.0 Å². The number of hydrogen-bond acceptors (Lipinski definition) is 5. The summed E-state index contributed by atoms with van der Waals surface area (Å²) in [5.74, 6) is 0.605. The summed E-state index contributed by atoms with van der Waals surface area (Å²) >= 11 is 0. The second-order valence-corrected chi connectivity index (χ2v) is 4.90. The zero-order valence-electron chi connectivity index (χ0n) is 11.7. The predicted molar refractivity (Wildman–Crippen MR) is 77.5 cm³/mol. The standard InChI is InChI=1S/C14H15N5O2/c1-8(13-18-16-7-19(13)2)17-14(20)12-6-9-5-10(15)3-4-11(9)21-12/h3-8H,15H2,1-2H3,(H,17,20). The Bertz CT molecular complexity index is 805. The first kappa shape index (κ1) is 13.2. The Hall–Kier alpha value is -2.83. The number of aromatic nitrogens is 3. The highest BCUT2D eigenvalue weighted by Gasteiger charge is 2.18. The van der Waals surface area contributed by atoms with E-state index in [1.807, 2.05) is 14.0 Å². The van der Waals surface area contributed by atoms with Crippen molar-refractivity contribution >= 4 is 22.6 Å². The summed E-state index contributed by atoms with van der Waals surface area (Å²) in [5.41, 5.74) is 6.96. The second-order valence-electron chi connectivity index (χ2n) is 4.90. The van der Waals surface area contributed by atoms with Crippen molar-refractivity contribution in [3.05, 3.63) is 42.2 Å². The molecule has 0 spiro atoms. The van der Waals surface area contributed by atoms with Crippen molar-refractivity contribution < 1.29 is 9.21 Å². The number of rotatable bonds is 3. The van der Waals surface area contributed by atoms with Crippen molar-refractivity contribution in [1.29, 1.82) is 0 Å². The number of aryl methyl sites for hydroxylation is 1. The quantitative estimate of drug-likeness (QED) is 0.713. The molecule has 21 heavy (non-hydrogen) atoms. The van der Waals surface area contributed by atoms with Crippen molar-refractivity contribution in [2.24, 2.45) is 7.05 Å². The first-order valence-corrected chi connectivity index (χ1v) is 6.48. The van der Waals surface area contributed by atoms with Crippen LogP contribution >= 0.6 is 0 Å². The minimum Gasteiger partial charge on any atom is -0.451 e. The van der Waals surface area contributed by atoms with Gasteiger partial charge in [-0.2, -0.15) is 0 Å². The number of hydrogen-bond donors (Lipinski definition) is 2. The number of nitrogen functional groups attached to an aromatic ring is 1. The Morgan fingerprint density at radius 1 is 1.43 bits per heavy atom. The number of carbonyl (C=O) groups excluding carboxylic acids is 1. The molecule has 0 saturated heterocycles. The molecule has 0 bridgehead atoms. The van der Waals surface area contributed by atoms with Gasteiger partial charge in [0.05, 0.1) is 6.04 Å². The van der Waals surface area contributed by atoms with Gasteiger partial charge in [-0.15, -0.1) is 10.2 Å². The number of amides is 1. The first-order valence-electron chi connectivity index (χ1n) is 6.48. The summed E-state index contributed by atoms with van der Waals surface area (Å²) in [6.45, 7) is 1.84. The van der Waals surface area contributed by atoms with E-state index < -0.39 is 0 Å². The van der Waals surface area contributed by atoms with Crippen molar-refractivity contribution in [2.75, 3.05) is 5.73 Å². The molecular formula is C14H15N5O2. The fourth-order valence-corrected chi connectivity index (χ4v) is 2.19. The van der Waals surface area contributed by atoms with Gasteiger partial charge >= 0.3 is 0 Å². The van der Waals surface area contributed by atoms with Crippen LogP contribution in [0, 0.1) is 0 Å². The molecule has 1 amide bonds. The highest BCUT2D eigenvalue weighted by Crippen LogP contribution is 2.22. The van der Waals surface area contributed by atoms with Gasteiger partial charge in [-0.05, 0) is 31.2 Å².